The smallest absolute Gasteiger partial charge is 0.0459 e. The highest BCUT2D eigenvalue weighted by Crippen LogP contribution is 2.59. The van der Waals surface area contributed by atoms with Gasteiger partial charge in [-0.25, -0.2) is 0 Å². The summed E-state index contributed by atoms with van der Waals surface area (Å²) < 4.78 is 0. The van der Waals surface area contributed by atoms with Crippen molar-refractivity contribution in [3.63, 3.8) is 0 Å². The van der Waals surface area contributed by atoms with Crippen molar-refractivity contribution >= 4 is 0 Å². The summed E-state index contributed by atoms with van der Waals surface area (Å²) in [5.41, 5.74) is 2.14. The highest BCUT2D eigenvalue weighted by atomic mass is 16.3. The normalized spacial score (nSPS) is 37.5. The van der Waals surface area contributed by atoms with Crippen molar-refractivity contribution < 1.29 is 5.11 Å². The van der Waals surface area contributed by atoms with Gasteiger partial charge in [0, 0.05) is 6.61 Å². The predicted octanol–water partition coefficient (Wildman–Crippen LogP) is 3.39. The van der Waals surface area contributed by atoms with E-state index in [9.17, 15) is 0 Å². The topological polar surface area (TPSA) is 20.2 Å². The second-order valence-electron chi connectivity index (χ2n) is 6.11. The molecule has 0 radical (unpaired) electrons. The van der Waals surface area contributed by atoms with Crippen molar-refractivity contribution in [2.45, 2.75) is 46.5 Å². The molecule has 2 bridgehead atoms. The van der Waals surface area contributed by atoms with Crippen molar-refractivity contribution in [1.29, 1.82) is 0 Å². The molecule has 0 spiro atoms. The van der Waals surface area contributed by atoms with Crippen LogP contribution in [0.4, 0.5) is 0 Å². The summed E-state index contributed by atoms with van der Waals surface area (Å²) in [4.78, 5) is 0. The maximum absolute atomic E-state index is 9.04. The maximum Gasteiger partial charge on any atom is 0.0459 e. The molecule has 0 aromatic carbocycles. The lowest BCUT2D eigenvalue weighted by atomic mass is 9.72. The average Bonchev–Trinajstić information content (AvgIpc) is 2.74. The van der Waals surface area contributed by atoms with Gasteiger partial charge in [0.05, 0.1) is 0 Å². The minimum atomic E-state index is 0.318. The van der Waals surface area contributed by atoms with Gasteiger partial charge in [0.1, 0.15) is 0 Å². The molecule has 1 nitrogen and oxygen atoms in total. The van der Waals surface area contributed by atoms with Crippen LogP contribution in [0.5, 0.6) is 0 Å². The van der Waals surface area contributed by atoms with Crippen molar-refractivity contribution in [3.05, 3.63) is 11.6 Å². The quantitative estimate of drug-likeness (QED) is 0.705. The van der Waals surface area contributed by atoms with Crippen LogP contribution in [0.2, 0.25) is 0 Å². The Morgan fingerprint density at radius 3 is 2.73 bits per heavy atom. The maximum atomic E-state index is 9.04. The van der Waals surface area contributed by atoms with Crippen LogP contribution in [0, 0.1) is 23.2 Å². The summed E-state index contributed by atoms with van der Waals surface area (Å²) in [6.45, 7) is 7.26. The van der Waals surface area contributed by atoms with Gasteiger partial charge in [-0.2, -0.15) is 0 Å². The fourth-order valence-electron chi connectivity index (χ4n) is 3.51. The Bertz CT molecular complexity index is 265. The molecular formula is C14H24O. The summed E-state index contributed by atoms with van der Waals surface area (Å²) in [6, 6.07) is 0. The van der Waals surface area contributed by atoms with Gasteiger partial charge in [0.2, 0.25) is 0 Å². The zero-order chi connectivity index (χ0) is 11.1. The first-order valence-corrected chi connectivity index (χ1v) is 6.37. The van der Waals surface area contributed by atoms with Gasteiger partial charge in [-0.05, 0) is 48.9 Å². The molecule has 2 aliphatic carbocycles. The number of rotatable bonds is 3. The Morgan fingerprint density at radius 1 is 1.47 bits per heavy atom. The molecule has 15 heavy (non-hydrogen) atoms. The van der Waals surface area contributed by atoms with Gasteiger partial charge in [-0.15, -0.1) is 0 Å². The standard InChI is InChI=1S/C14H24O/c1-10(9-15)4-7-13-11-5-6-12(8-11)14(13,2)3/h7,10-12,15H,4-6,8-9H2,1-3H3/b13-7+. The lowest BCUT2D eigenvalue weighted by Gasteiger charge is -2.33. The second kappa shape index (κ2) is 3.93. The molecule has 2 fully saturated rings. The zero-order valence-electron chi connectivity index (χ0n) is 10.3. The molecule has 0 aromatic heterocycles. The number of fused-ring (bicyclic) bond motifs is 2. The summed E-state index contributed by atoms with van der Waals surface area (Å²) in [5, 5.41) is 9.04. The first-order chi connectivity index (χ1) is 7.05. The third kappa shape index (κ3) is 1.87. The fourth-order valence-corrected chi connectivity index (χ4v) is 3.51. The minimum absolute atomic E-state index is 0.318. The lowest BCUT2D eigenvalue weighted by Crippen LogP contribution is -2.23. The molecule has 2 aliphatic rings. The largest absolute Gasteiger partial charge is 0.396 e. The Morgan fingerprint density at radius 2 is 2.20 bits per heavy atom. The van der Waals surface area contributed by atoms with Gasteiger partial charge in [0.15, 0.2) is 0 Å². The van der Waals surface area contributed by atoms with E-state index in [0.717, 1.165) is 18.3 Å². The summed E-state index contributed by atoms with van der Waals surface area (Å²) in [6.07, 6.45) is 7.76. The lowest BCUT2D eigenvalue weighted by molar-refractivity contribution is 0.237. The van der Waals surface area contributed by atoms with E-state index in [2.05, 4.69) is 26.8 Å². The fraction of sp³-hybridized carbons (Fsp3) is 0.857. The summed E-state index contributed by atoms with van der Waals surface area (Å²) in [5.74, 6) is 2.22. The van der Waals surface area contributed by atoms with E-state index in [-0.39, 0.29) is 0 Å². The average molecular weight is 208 g/mol. The van der Waals surface area contributed by atoms with Gasteiger partial charge in [-0.1, -0.05) is 32.4 Å². The second-order valence-corrected chi connectivity index (χ2v) is 6.11. The number of aliphatic hydroxyl groups excluding tert-OH is 1. The molecule has 3 unspecified atom stereocenters. The van der Waals surface area contributed by atoms with Crippen molar-refractivity contribution in [3.8, 4) is 0 Å². The Hall–Kier alpha value is -0.300. The van der Waals surface area contributed by atoms with Crippen LogP contribution in [0.25, 0.3) is 0 Å². The number of hydrogen-bond acceptors (Lipinski definition) is 1. The van der Waals surface area contributed by atoms with Crippen LogP contribution in [0.3, 0.4) is 0 Å². The SMILES string of the molecule is CC(CO)C/C=C1\C2CCC(C2)C1(C)C. The van der Waals surface area contributed by atoms with E-state index < -0.39 is 0 Å². The van der Waals surface area contributed by atoms with Crippen LogP contribution in [-0.4, -0.2) is 11.7 Å². The van der Waals surface area contributed by atoms with Gasteiger partial charge < -0.3 is 5.11 Å². The van der Waals surface area contributed by atoms with E-state index in [1.165, 1.54) is 19.3 Å². The highest BCUT2D eigenvalue weighted by Gasteiger charge is 2.48. The zero-order valence-corrected chi connectivity index (χ0v) is 10.3. The molecule has 1 heteroatoms. The molecule has 2 saturated carbocycles. The van der Waals surface area contributed by atoms with Crippen LogP contribution < -0.4 is 0 Å². The van der Waals surface area contributed by atoms with E-state index in [1.54, 1.807) is 5.57 Å². The molecule has 0 aromatic rings. The summed E-state index contributed by atoms with van der Waals surface area (Å²) in [7, 11) is 0. The van der Waals surface area contributed by atoms with Gasteiger partial charge in [0.25, 0.3) is 0 Å². The molecule has 2 rings (SSSR count). The van der Waals surface area contributed by atoms with Crippen molar-refractivity contribution in [2.75, 3.05) is 6.61 Å². The summed E-state index contributed by atoms with van der Waals surface area (Å²) >= 11 is 0. The molecular weight excluding hydrogens is 184 g/mol. The molecule has 3 atom stereocenters. The van der Waals surface area contributed by atoms with E-state index >= 15 is 0 Å². The van der Waals surface area contributed by atoms with E-state index in [4.69, 9.17) is 5.11 Å². The number of aliphatic hydroxyl groups is 1. The minimum Gasteiger partial charge on any atom is -0.396 e. The Labute approximate surface area is 93.6 Å². The van der Waals surface area contributed by atoms with Crippen molar-refractivity contribution in [1.82, 2.24) is 0 Å². The molecule has 0 heterocycles. The van der Waals surface area contributed by atoms with Crippen LogP contribution in [0.15, 0.2) is 11.6 Å². The number of hydrogen-bond donors (Lipinski definition) is 1. The van der Waals surface area contributed by atoms with Crippen LogP contribution >= 0.6 is 0 Å². The molecule has 0 saturated heterocycles. The monoisotopic (exact) mass is 208 g/mol. The van der Waals surface area contributed by atoms with E-state index in [1.807, 2.05) is 0 Å². The van der Waals surface area contributed by atoms with Crippen molar-refractivity contribution in [2.24, 2.45) is 23.2 Å². The third-order valence-electron chi connectivity index (χ3n) is 4.69. The third-order valence-corrected chi connectivity index (χ3v) is 4.69. The first-order valence-electron chi connectivity index (χ1n) is 6.37. The van der Waals surface area contributed by atoms with Gasteiger partial charge >= 0.3 is 0 Å². The Balaban J connectivity index is 2.08. The van der Waals surface area contributed by atoms with Crippen LogP contribution in [-0.2, 0) is 0 Å². The van der Waals surface area contributed by atoms with E-state index in [0.29, 0.717) is 17.9 Å². The Kier molecular flexibility index (Phi) is 2.94. The van der Waals surface area contributed by atoms with Crippen LogP contribution in [0.1, 0.15) is 46.5 Å². The number of allylic oxidation sites excluding steroid dienone is 2. The molecule has 0 amide bonds. The molecule has 1 N–H and O–H groups in total. The van der Waals surface area contributed by atoms with Gasteiger partial charge in [-0.3, -0.25) is 0 Å². The highest BCUT2D eigenvalue weighted by molar-refractivity contribution is 5.26. The molecule has 86 valence electrons. The predicted molar refractivity (Wildman–Crippen MR) is 63.6 cm³/mol. The molecule has 0 aliphatic heterocycles. The first kappa shape index (κ1) is 11.2.